The zero-order valence-corrected chi connectivity index (χ0v) is 15.7. The minimum atomic E-state index is -1.02. The predicted octanol–water partition coefficient (Wildman–Crippen LogP) is 4.55. The van der Waals surface area contributed by atoms with Crippen molar-refractivity contribution in [2.75, 3.05) is 6.61 Å². The lowest BCUT2D eigenvalue weighted by Gasteiger charge is -2.07. The molecule has 0 aliphatic rings. The summed E-state index contributed by atoms with van der Waals surface area (Å²) in [6.45, 7) is 0.114. The zero-order chi connectivity index (χ0) is 19.9. The highest BCUT2D eigenvalue weighted by Crippen LogP contribution is 2.20. The Bertz CT molecular complexity index is 1020. The molecule has 142 valence electrons. The van der Waals surface area contributed by atoms with Crippen LogP contribution < -0.4 is 4.74 Å². The number of carboxylic acids is 1. The van der Waals surface area contributed by atoms with E-state index in [2.05, 4.69) is 0 Å². The first-order chi connectivity index (χ1) is 13.5. The van der Waals surface area contributed by atoms with Crippen molar-refractivity contribution in [2.24, 2.45) is 0 Å². The van der Waals surface area contributed by atoms with Gasteiger partial charge in [0.1, 0.15) is 5.75 Å². The number of carboxylic acid groups (broad SMARTS) is 1. The number of hydrogen-bond acceptors (Lipinski definition) is 3. The predicted molar refractivity (Wildman–Crippen MR) is 108 cm³/mol. The number of rotatable bonds is 8. The van der Waals surface area contributed by atoms with Crippen molar-refractivity contribution in [2.45, 2.75) is 6.54 Å². The molecule has 1 N–H and O–H groups in total. The molecule has 3 aromatic rings. The number of hydrogen-bond donors (Lipinski definition) is 1. The summed E-state index contributed by atoms with van der Waals surface area (Å²) in [4.78, 5) is 23.4. The summed E-state index contributed by atoms with van der Waals surface area (Å²) >= 11 is 6.14. The molecule has 0 spiro atoms. The van der Waals surface area contributed by atoms with E-state index in [-0.39, 0.29) is 12.4 Å². The fourth-order valence-electron chi connectivity index (χ4n) is 2.72. The molecule has 0 fully saturated rings. The Kier molecular flexibility index (Phi) is 6.29. The number of allylic oxidation sites excluding steroid dienone is 1. The zero-order valence-electron chi connectivity index (χ0n) is 14.9. The van der Waals surface area contributed by atoms with Gasteiger partial charge in [-0.1, -0.05) is 48.0 Å². The van der Waals surface area contributed by atoms with E-state index in [1.807, 2.05) is 35.0 Å². The van der Waals surface area contributed by atoms with E-state index in [1.54, 1.807) is 48.5 Å². The smallest absolute Gasteiger partial charge is 0.341 e. The molecule has 1 heterocycles. The number of aromatic nitrogens is 1. The summed E-state index contributed by atoms with van der Waals surface area (Å²) in [6.07, 6.45) is 5.64. The minimum Gasteiger partial charge on any atom is -0.482 e. The first-order valence-corrected chi connectivity index (χ1v) is 8.98. The van der Waals surface area contributed by atoms with Crippen LogP contribution in [0.5, 0.6) is 5.75 Å². The van der Waals surface area contributed by atoms with Crippen molar-refractivity contribution in [3.05, 3.63) is 94.8 Å². The van der Waals surface area contributed by atoms with Crippen LogP contribution in [-0.4, -0.2) is 28.0 Å². The number of carbonyl (C=O) groups is 2. The van der Waals surface area contributed by atoms with Gasteiger partial charge in [-0.15, -0.1) is 0 Å². The molecule has 0 amide bonds. The van der Waals surface area contributed by atoms with E-state index >= 15 is 0 Å². The average Bonchev–Trinajstić information content (AvgIpc) is 3.15. The Balaban J connectivity index is 1.70. The Labute approximate surface area is 167 Å². The second kappa shape index (κ2) is 9.06. The first-order valence-electron chi connectivity index (χ1n) is 8.60. The van der Waals surface area contributed by atoms with Crippen molar-refractivity contribution in [1.82, 2.24) is 4.57 Å². The van der Waals surface area contributed by atoms with Gasteiger partial charge in [0.25, 0.3) is 0 Å². The van der Waals surface area contributed by atoms with Crippen molar-refractivity contribution in [1.29, 1.82) is 0 Å². The van der Waals surface area contributed by atoms with Crippen LogP contribution in [0.3, 0.4) is 0 Å². The van der Waals surface area contributed by atoms with Gasteiger partial charge in [-0.2, -0.15) is 0 Å². The average molecular weight is 396 g/mol. The molecule has 28 heavy (non-hydrogen) atoms. The van der Waals surface area contributed by atoms with E-state index in [9.17, 15) is 9.59 Å². The third-order valence-corrected chi connectivity index (χ3v) is 4.34. The summed E-state index contributed by atoms with van der Waals surface area (Å²) in [5, 5.41) is 9.11. The molecule has 2 aromatic carbocycles. The molecule has 0 radical (unpaired) electrons. The van der Waals surface area contributed by atoms with Gasteiger partial charge >= 0.3 is 5.97 Å². The van der Waals surface area contributed by atoms with Crippen LogP contribution >= 0.6 is 11.6 Å². The van der Waals surface area contributed by atoms with Crippen LogP contribution in [0.25, 0.3) is 6.08 Å². The molecular formula is C22H18ClNO4. The van der Waals surface area contributed by atoms with Gasteiger partial charge in [0.15, 0.2) is 6.61 Å². The molecule has 0 saturated carbocycles. The maximum Gasteiger partial charge on any atom is 0.341 e. The molecule has 1 aromatic heterocycles. The molecule has 0 aliphatic heterocycles. The molecule has 0 bridgehead atoms. The van der Waals surface area contributed by atoms with Gasteiger partial charge in [0.2, 0.25) is 5.78 Å². The maximum absolute atomic E-state index is 12.8. The molecule has 3 rings (SSSR count). The summed E-state index contributed by atoms with van der Waals surface area (Å²) in [5.41, 5.74) is 1.89. The number of ketones is 1. The SMILES string of the molecule is O=C(O)COc1cccc(C=CCn2cccc2C(=O)c2ccccc2Cl)c1. The fourth-order valence-corrected chi connectivity index (χ4v) is 2.94. The highest BCUT2D eigenvalue weighted by Gasteiger charge is 2.15. The number of nitrogens with zero attached hydrogens (tertiary/aromatic N) is 1. The molecule has 0 atom stereocenters. The van der Waals surface area contributed by atoms with Gasteiger partial charge in [-0.25, -0.2) is 4.79 Å². The Morgan fingerprint density at radius 2 is 1.89 bits per heavy atom. The van der Waals surface area contributed by atoms with Gasteiger partial charge < -0.3 is 14.4 Å². The Hall–Kier alpha value is -3.31. The largest absolute Gasteiger partial charge is 0.482 e. The lowest BCUT2D eigenvalue weighted by atomic mass is 10.1. The summed E-state index contributed by atoms with van der Waals surface area (Å²) in [7, 11) is 0. The lowest BCUT2D eigenvalue weighted by Crippen LogP contribution is -2.09. The van der Waals surface area contributed by atoms with E-state index in [0.717, 1.165) is 5.56 Å². The molecule has 0 unspecified atom stereocenters. The third kappa shape index (κ3) is 4.90. The van der Waals surface area contributed by atoms with E-state index < -0.39 is 5.97 Å². The van der Waals surface area contributed by atoms with Crippen LogP contribution in [0.4, 0.5) is 0 Å². The number of halogens is 1. The lowest BCUT2D eigenvalue weighted by molar-refractivity contribution is -0.139. The van der Waals surface area contributed by atoms with E-state index in [1.165, 1.54) is 0 Å². The second-order valence-corrected chi connectivity index (χ2v) is 6.42. The molecule has 0 saturated heterocycles. The standard InChI is InChI=1S/C22H18ClNO4/c23-19-10-2-1-9-18(19)22(27)20-11-5-13-24(20)12-4-7-16-6-3-8-17(14-16)28-15-21(25)26/h1-11,13-14H,12,15H2,(H,25,26). The topological polar surface area (TPSA) is 68.5 Å². The monoisotopic (exact) mass is 395 g/mol. The molecule has 5 nitrogen and oxygen atoms in total. The number of carbonyl (C=O) groups excluding carboxylic acids is 1. The quantitative estimate of drug-likeness (QED) is 0.568. The van der Waals surface area contributed by atoms with Crippen LogP contribution in [0.1, 0.15) is 21.6 Å². The van der Waals surface area contributed by atoms with Crippen molar-refractivity contribution in [3.8, 4) is 5.75 Å². The van der Waals surface area contributed by atoms with Crippen molar-refractivity contribution >= 4 is 29.4 Å². The number of ether oxygens (including phenoxy) is 1. The Morgan fingerprint density at radius 1 is 1.07 bits per heavy atom. The van der Waals surface area contributed by atoms with Crippen molar-refractivity contribution in [3.63, 3.8) is 0 Å². The van der Waals surface area contributed by atoms with Crippen molar-refractivity contribution < 1.29 is 19.4 Å². The highest BCUT2D eigenvalue weighted by atomic mass is 35.5. The summed E-state index contributed by atoms with van der Waals surface area (Å²) in [5.74, 6) is -0.669. The first kappa shape index (κ1) is 19.5. The fraction of sp³-hybridized carbons (Fsp3) is 0.0909. The number of aliphatic carboxylic acids is 1. The summed E-state index contributed by atoms with van der Waals surface area (Å²) in [6, 6.07) is 17.7. The maximum atomic E-state index is 12.8. The number of benzene rings is 2. The van der Waals surface area contributed by atoms with E-state index in [0.29, 0.717) is 28.6 Å². The molecular weight excluding hydrogens is 378 g/mol. The normalized spacial score (nSPS) is 10.9. The molecule has 0 aliphatic carbocycles. The van der Waals surface area contributed by atoms with Crippen LogP contribution in [0, 0.1) is 0 Å². The van der Waals surface area contributed by atoms with Crippen LogP contribution in [0.15, 0.2) is 72.9 Å². The van der Waals surface area contributed by atoms with E-state index in [4.69, 9.17) is 21.4 Å². The third-order valence-electron chi connectivity index (χ3n) is 4.01. The van der Waals surface area contributed by atoms with Crippen LogP contribution in [0.2, 0.25) is 5.02 Å². The van der Waals surface area contributed by atoms with Gasteiger partial charge in [0.05, 0.1) is 10.7 Å². The van der Waals surface area contributed by atoms with Crippen LogP contribution in [-0.2, 0) is 11.3 Å². The Morgan fingerprint density at radius 3 is 2.68 bits per heavy atom. The molecule has 6 heteroatoms. The summed E-state index contributed by atoms with van der Waals surface area (Å²) < 4.78 is 7.02. The van der Waals surface area contributed by atoms with Gasteiger partial charge in [-0.3, -0.25) is 4.79 Å². The van der Waals surface area contributed by atoms with Gasteiger partial charge in [-0.05, 0) is 42.0 Å². The highest BCUT2D eigenvalue weighted by molar-refractivity contribution is 6.34. The van der Waals surface area contributed by atoms with Gasteiger partial charge in [0, 0.05) is 18.3 Å². The second-order valence-electron chi connectivity index (χ2n) is 6.01. The minimum absolute atomic E-state index is 0.131.